The largest absolute Gasteiger partial charge is 0.377 e. The molecule has 1 N–H and O–H groups in total. The summed E-state index contributed by atoms with van der Waals surface area (Å²) in [6, 6.07) is 0. The Morgan fingerprint density at radius 3 is 2.74 bits per heavy atom. The molecule has 6 heteroatoms. The summed E-state index contributed by atoms with van der Waals surface area (Å²) in [5.74, 6) is 0. The minimum absolute atomic E-state index is 0.345. The fourth-order valence-corrected chi connectivity index (χ4v) is 4.06. The van der Waals surface area contributed by atoms with E-state index in [0.717, 1.165) is 25.8 Å². The molecule has 19 heavy (non-hydrogen) atoms. The molecule has 0 aromatic heterocycles. The zero-order valence-corrected chi connectivity index (χ0v) is 13.4. The van der Waals surface area contributed by atoms with Gasteiger partial charge in [-0.05, 0) is 39.7 Å². The molecule has 1 fully saturated rings. The van der Waals surface area contributed by atoms with Crippen LogP contribution in [0.1, 0.15) is 40.0 Å². The van der Waals surface area contributed by atoms with E-state index in [1.165, 1.54) is 0 Å². The molecule has 1 aliphatic rings. The normalized spacial score (nSPS) is 27.4. The summed E-state index contributed by atoms with van der Waals surface area (Å²) in [5, 5.41) is 2.79. The number of ether oxygens (including phenoxy) is 1. The van der Waals surface area contributed by atoms with Gasteiger partial charge in [-0.2, -0.15) is 4.31 Å². The Morgan fingerprint density at radius 2 is 2.16 bits per heavy atom. The lowest BCUT2D eigenvalue weighted by molar-refractivity contribution is -0.0320. The second kappa shape index (κ2) is 7.02. The van der Waals surface area contributed by atoms with Gasteiger partial charge in [0, 0.05) is 26.7 Å². The van der Waals surface area contributed by atoms with E-state index in [1.807, 2.05) is 6.92 Å². The van der Waals surface area contributed by atoms with Gasteiger partial charge in [0.25, 0.3) is 0 Å². The average molecular weight is 292 g/mol. The van der Waals surface area contributed by atoms with Crippen molar-refractivity contribution in [3.63, 3.8) is 0 Å². The molecule has 0 bridgehead atoms. The van der Waals surface area contributed by atoms with Crippen molar-refractivity contribution in [3.05, 3.63) is 0 Å². The lowest BCUT2D eigenvalue weighted by Crippen LogP contribution is -2.52. The van der Waals surface area contributed by atoms with E-state index in [9.17, 15) is 8.42 Å². The van der Waals surface area contributed by atoms with E-state index >= 15 is 0 Å². The van der Waals surface area contributed by atoms with Crippen LogP contribution in [0.4, 0.5) is 0 Å². The highest BCUT2D eigenvalue weighted by molar-refractivity contribution is 7.89. The molecule has 1 aliphatic heterocycles. The highest BCUT2D eigenvalue weighted by Crippen LogP contribution is 2.26. The van der Waals surface area contributed by atoms with E-state index in [4.69, 9.17) is 4.74 Å². The minimum atomic E-state index is -3.23. The van der Waals surface area contributed by atoms with Gasteiger partial charge in [-0.3, -0.25) is 0 Å². The highest BCUT2D eigenvalue weighted by Gasteiger charge is 2.38. The second-order valence-corrected chi connectivity index (χ2v) is 8.00. The molecule has 0 spiro atoms. The van der Waals surface area contributed by atoms with E-state index in [0.29, 0.717) is 19.6 Å². The van der Waals surface area contributed by atoms with Gasteiger partial charge in [-0.25, -0.2) is 8.42 Å². The molecular weight excluding hydrogens is 264 g/mol. The Balaban J connectivity index is 2.65. The molecule has 114 valence electrons. The molecule has 0 saturated carbocycles. The Hall–Kier alpha value is -0.170. The molecule has 1 rings (SSSR count). The van der Waals surface area contributed by atoms with Gasteiger partial charge >= 0.3 is 0 Å². The molecule has 2 unspecified atom stereocenters. The summed E-state index contributed by atoms with van der Waals surface area (Å²) >= 11 is 0. The van der Waals surface area contributed by atoms with Crippen LogP contribution in [0.3, 0.4) is 0 Å². The number of nitrogens with one attached hydrogen (secondary N) is 1. The van der Waals surface area contributed by atoms with Crippen molar-refractivity contribution >= 4 is 10.0 Å². The van der Waals surface area contributed by atoms with Crippen LogP contribution in [-0.2, 0) is 14.8 Å². The monoisotopic (exact) mass is 292 g/mol. The summed E-state index contributed by atoms with van der Waals surface area (Å²) in [6.07, 6.45) is 2.79. The molecule has 0 amide bonds. The molecule has 5 nitrogen and oxygen atoms in total. The van der Waals surface area contributed by atoms with Crippen molar-refractivity contribution in [1.82, 2.24) is 9.62 Å². The van der Waals surface area contributed by atoms with Crippen molar-refractivity contribution in [2.45, 2.75) is 50.9 Å². The predicted molar refractivity (Wildman–Crippen MR) is 77.8 cm³/mol. The number of methoxy groups -OCH3 is 1. The van der Waals surface area contributed by atoms with Crippen LogP contribution < -0.4 is 5.32 Å². The lowest BCUT2D eigenvalue weighted by atomic mass is 9.96. The molecule has 1 saturated heterocycles. The Bertz CT molecular complexity index is 372. The smallest absolute Gasteiger partial charge is 0.218 e. The third kappa shape index (κ3) is 4.41. The first-order valence-electron chi connectivity index (χ1n) is 7.10. The van der Waals surface area contributed by atoms with Crippen LogP contribution in [0.5, 0.6) is 0 Å². The van der Waals surface area contributed by atoms with E-state index < -0.39 is 15.3 Å². The molecule has 0 radical (unpaired) electrons. The molecular formula is C13H28N2O3S. The average Bonchev–Trinajstić information content (AvgIpc) is 2.39. The van der Waals surface area contributed by atoms with Crippen LogP contribution in [0.2, 0.25) is 0 Å². The fourth-order valence-electron chi connectivity index (χ4n) is 2.39. The van der Waals surface area contributed by atoms with Crippen molar-refractivity contribution in [2.24, 2.45) is 0 Å². The summed E-state index contributed by atoms with van der Waals surface area (Å²) in [7, 11) is -1.58. The summed E-state index contributed by atoms with van der Waals surface area (Å²) in [5.41, 5.74) is -0.345. The van der Waals surface area contributed by atoms with Crippen molar-refractivity contribution in [2.75, 3.05) is 33.3 Å². The van der Waals surface area contributed by atoms with Crippen LogP contribution in [-0.4, -0.2) is 56.9 Å². The second-order valence-electron chi connectivity index (χ2n) is 5.65. The first-order chi connectivity index (χ1) is 8.85. The van der Waals surface area contributed by atoms with E-state index in [2.05, 4.69) is 12.2 Å². The van der Waals surface area contributed by atoms with Gasteiger partial charge in [0.05, 0.1) is 10.9 Å². The molecule has 0 aromatic carbocycles. The Morgan fingerprint density at radius 1 is 1.47 bits per heavy atom. The maximum Gasteiger partial charge on any atom is 0.218 e. The van der Waals surface area contributed by atoms with Gasteiger partial charge in [0.1, 0.15) is 0 Å². The SMILES string of the molecule is CCCNCC(C)S(=O)(=O)N1CCCC(C)(OC)C1. The minimum Gasteiger partial charge on any atom is -0.377 e. The molecule has 0 aliphatic carbocycles. The lowest BCUT2D eigenvalue weighted by Gasteiger charge is -2.39. The number of piperidine rings is 1. The zero-order valence-electron chi connectivity index (χ0n) is 12.6. The van der Waals surface area contributed by atoms with Crippen LogP contribution in [0.25, 0.3) is 0 Å². The van der Waals surface area contributed by atoms with Crippen molar-refractivity contribution < 1.29 is 13.2 Å². The first-order valence-corrected chi connectivity index (χ1v) is 8.61. The number of sulfonamides is 1. The van der Waals surface area contributed by atoms with E-state index in [-0.39, 0.29) is 5.60 Å². The summed E-state index contributed by atoms with van der Waals surface area (Å²) < 4.78 is 32.1. The Labute approximate surface area is 117 Å². The highest BCUT2D eigenvalue weighted by atomic mass is 32.2. The Kier molecular flexibility index (Phi) is 6.23. The molecule has 0 aromatic rings. The topological polar surface area (TPSA) is 58.6 Å². The fraction of sp³-hybridized carbons (Fsp3) is 1.00. The quantitative estimate of drug-likeness (QED) is 0.717. The maximum absolute atomic E-state index is 12.5. The van der Waals surface area contributed by atoms with Gasteiger partial charge in [0.2, 0.25) is 10.0 Å². The van der Waals surface area contributed by atoms with Gasteiger partial charge < -0.3 is 10.1 Å². The van der Waals surface area contributed by atoms with Gasteiger partial charge in [-0.15, -0.1) is 0 Å². The van der Waals surface area contributed by atoms with E-state index in [1.54, 1.807) is 18.3 Å². The predicted octanol–water partition coefficient (Wildman–Crippen LogP) is 1.21. The maximum atomic E-state index is 12.5. The number of nitrogens with zero attached hydrogens (tertiary/aromatic N) is 1. The summed E-state index contributed by atoms with van der Waals surface area (Å²) in [6.45, 7) is 8.27. The third-order valence-electron chi connectivity index (χ3n) is 3.84. The molecule has 1 heterocycles. The summed E-state index contributed by atoms with van der Waals surface area (Å²) in [4.78, 5) is 0. The number of hydrogen-bond donors (Lipinski definition) is 1. The number of hydrogen-bond acceptors (Lipinski definition) is 4. The van der Waals surface area contributed by atoms with Gasteiger partial charge in [-0.1, -0.05) is 6.92 Å². The van der Waals surface area contributed by atoms with Crippen molar-refractivity contribution in [3.8, 4) is 0 Å². The first kappa shape index (κ1) is 16.9. The van der Waals surface area contributed by atoms with Gasteiger partial charge in [0.15, 0.2) is 0 Å². The standard InChI is InChI=1S/C13H28N2O3S/c1-5-8-14-10-12(2)19(16,17)15-9-6-7-13(3,11-15)18-4/h12,14H,5-11H2,1-4H3. The van der Waals surface area contributed by atoms with Crippen LogP contribution in [0, 0.1) is 0 Å². The van der Waals surface area contributed by atoms with Crippen molar-refractivity contribution in [1.29, 1.82) is 0 Å². The molecule has 2 atom stereocenters. The zero-order chi connectivity index (χ0) is 14.5. The van der Waals surface area contributed by atoms with Crippen LogP contribution in [0.15, 0.2) is 0 Å². The third-order valence-corrected chi connectivity index (χ3v) is 6.06. The number of rotatable bonds is 7. The van der Waals surface area contributed by atoms with Crippen LogP contribution >= 0.6 is 0 Å².